The largest absolute Gasteiger partial charge is 0.206 e. The Bertz CT molecular complexity index is 1160. The highest BCUT2D eigenvalue weighted by Crippen LogP contribution is 2.11. The number of benzene rings is 3. The van der Waals surface area contributed by atoms with Crippen LogP contribution in [0.3, 0.4) is 0 Å². The molecule has 0 fully saturated rings. The van der Waals surface area contributed by atoms with Crippen LogP contribution in [0.4, 0.5) is 4.39 Å². The quantitative estimate of drug-likeness (QED) is 0.382. The minimum absolute atomic E-state index is 0.321. The molecule has 0 aromatic heterocycles. The molecule has 0 saturated heterocycles. The first-order valence-corrected chi connectivity index (χ1v) is 10.1. The van der Waals surface area contributed by atoms with Gasteiger partial charge >= 0.3 is 0 Å². The highest BCUT2D eigenvalue weighted by molar-refractivity contribution is 5.49. The molecule has 3 aromatic carbocycles. The number of unbranched alkanes of at least 4 members (excludes halogenated alkanes) is 2. The number of halogens is 1. The minimum Gasteiger partial charge on any atom is -0.206 e. The second-order valence-corrected chi connectivity index (χ2v) is 7.04. The van der Waals surface area contributed by atoms with Crippen LogP contribution in [0.2, 0.25) is 0 Å². The van der Waals surface area contributed by atoms with Crippen molar-refractivity contribution >= 4 is 0 Å². The van der Waals surface area contributed by atoms with E-state index in [1.165, 1.54) is 30.9 Å². The highest BCUT2D eigenvalue weighted by Gasteiger charge is 2.00. The van der Waals surface area contributed by atoms with Crippen LogP contribution < -0.4 is 0 Å². The average Bonchev–Trinajstić information content (AvgIpc) is 2.78. The van der Waals surface area contributed by atoms with Crippen molar-refractivity contribution in [2.75, 3.05) is 0 Å². The Morgan fingerprint density at radius 3 is 1.90 bits per heavy atom. The molecule has 0 spiro atoms. The van der Waals surface area contributed by atoms with Crippen molar-refractivity contribution in [3.8, 4) is 29.8 Å². The fourth-order valence-corrected chi connectivity index (χ4v) is 2.94. The summed E-state index contributed by atoms with van der Waals surface area (Å²) in [7, 11) is 0. The molecule has 0 unspecified atom stereocenters. The van der Waals surface area contributed by atoms with Crippen LogP contribution in [0, 0.1) is 40.8 Å². The predicted molar refractivity (Wildman–Crippen MR) is 119 cm³/mol. The predicted octanol–water partition coefficient (Wildman–Crippen LogP) is 6.23. The molecule has 3 rings (SSSR count). The topological polar surface area (TPSA) is 23.8 Å². The number of hydrogen-bond donors (Lipinski definition) is 0. The van der Waals surface area contributed by atoms with Gasteiger partial charge in [0.1, 0.15) is 5.82 Å². The van der Waals surface area contributed by atoms with Crippen LogP contribution in [0.15, 0.2) is 66.7 Å². The van der Waals surface area contributed by atoms with Gasteiger partial charge in [-0.1, -0.05) is 55.6 Å². The van der Waals surface area contributed by atoms with E-state index in [1.54, 1.807) is 36.4 Å². The molecule has 0 N–H and O–H groups in total. The molecule has 0 aliphatic rings. The second kappa shape index (κ2) is 10.7. The zero-order valence-electron chi connectivity index (χ0n) is 17.0. The molecular formula is C28H22FN. The van der Waals surface area contributed by atoms with E-state index in [1.807, 2.05) is 12.1 Å². The third kappa shape index (κ3) is 6.10. The van der Waals surface area contributed by atoms with Gasteiger partial charge < -0.3 is 0 Å². The van der Waals surface area contributed by atoms with Crippen molar-refractivity contribution in [3.63, 3.8) is 0 Å². The lowest BCUT2D eigenvalue weighted by atomic mass is 10.1. The zero-order chi connectivity index (χ0) is 21.2. The minimum atomic E-state index is -0.394. The van der Waals surface area contributed by atoms with Gasteiger partial charge in [0.05, 0.1) is 17.2 Å². The lowest BCUT2D eigenvalue weighted by molar-refractivity contribution is 0.624. The van der Waals surface area contributed by atoms with Gasteiger partial charge in [-0.25, -0.2) is 4.39 Å². The van der Waals surface area contributed by atoms with Crippen LogP contribution in [0.1, 0.15) is 59.6 Å². The molecule has 0 aliphatic carbocycles. The van der Waals surface area contributed by atoms with E-state index < -0.39 is 5.82 Å². The van der Waals surface area contributed by atoms with Gasteiger partial charge in [-0.05, 0) is 73.0 Å². The first-order chi connectivity index (χ1) is 14.7. The maximum Gasteiger partial charge on any atom is 0.140 e. The number of nitriles is 1. The molecule has 0 saturated carbocycles. The van der Waals surface area contributed by atoms with Crippen LogP contribution >= 0.6 is 0 Å². The maximum atomic E-state index is 14.4. The van der Waals surface area contributed by atoms with Crippen molar-refractivity contribution in [1.82, 2.24) is 0 Å². The van der Waals surface area contributed by atoms with Crippen LogP contribution in [-0.4, -0.2) is 0 Å². The summed E-state index contributed by atoms with van der Waals surface area (Å²) in [4.78, 5) is 0. The summed E-state index contributed by atoms with van der Waals surface area (Å²) in [5.74, 6) is 11.5. The van der Waals surface area contributed by atoms with E-state index >= 15 is 0 Å². The highest BCUT2D eigenvalue weighted by atomic mass is 19.1. The molecule has 0 radical (unpaired) electrons. The molecule has 2 heteroatoms. The Hall–Kier alpha value is -3.80. The van der Waals surface area contributed by atoms with E-state index in [0.717, 1.165) is 17.5 Å². The molecular weight excluding hydrogens is 369 g/mol. The standard InChI is InChI=1S/C28H22FN/c1-2-3-4-5-22-6-8-23(9-7-22)10-13-25-17-19-27(28(29)20-25)18-16-24-11-14-26(21-30)15-12-24/h6-9,11-12,14-15,17,19-20H,2-5H2,1H3. The van der Waals surface area contributed by atoms with Gasteiger partial charge in [-0.3, -0.25) is 0 Å². The summed E-state index contributed by atoms with van der Waals surface area (Å²) < 4.78 is 14.4. The molecule has 30 heavy (non-hydrogen) atoms. The summed E-state index contributed by atoms with van der Waals surface area (Å²) in [5, 5.41) is 8.82. The average molecular weight is 391 g/mol. The summed E-state index contributed by atoms with van der Waals surface area (Å²) in [6.45, 7) is 2.20. The normalized spacial score (nSPS) is 9.63. The first-order valence-electron chi connectivity index (χ1n) is 10.1. The molecule has 3 aromatic rings. The summed E-state index contributed by atoms with van der Waals surface area (Å²) in [6.07, 6.45) is 4.78. The molecule has 0 atom stereocenters. The Labute approximate surface area is 178 Å². The Kier molecular flexibility index (Phi) is 7.44. The third-order valence-corrected chi connectivity index (χ3v) is 4.70. The van der Waals surface area contributed by atoms with Gasteiger partial charge in [0.15, 0.2) is 0 Å². The number of aryl methyl sites for hydroxylation is 1. The van der Waals surface area contributed by atoms with Crippen LogP contribution in [0.25, 0.3) is 0 Å². The van der Waals surface area contributed by atoms with E-state index in [2.05, 4.69) is 48.8 Å². The fourth-order valence-electron chi connectivity index (χ4n) is 2.94. The van der Waals surface area contributed by atoms with Crippen molar-refractivity contribution < 1.29 is 4.39 Å². The van der Waals surface area contributed by atoms with Gasteiger partial charge in [0.25, 0.3) is 0 Å². The van der Waals surface area contributed by atoms with E-state index in [0.29, 0.717) is 16.7 Å². The first kappa shape index (κ1) is 20.9. The summed E-state index contributed by atoms with van der Waals surface area (Å²) in [6, 6.07) is 22.0. The molecule has 0 bridgehead atoms. The van der Waals surface area contributed by atoms with Crippen LogP contribution in [-0.2, 0) is 6.42 Å². The fraction of sp³-hybridized carbons (Fsp3) is 0.179. The second-order valence-electron chi connectivity index (χ2n) is 7.04. The number of hydrogen-bond acceptors (Lipinski definition) is 1. The smallest absolute Gasteiger partial charge is 0.140 e. The third-order valence-electron chi connectivity index (χ3n) is 4.70. The van der Waals surface area contributed by atoms with E-state index in [-0.39, 0.29) is 0 Å². The van der Waals surface area contributed by atoms with Gasteiger partial charge in [-0.2, -0.15) is 5.26 Å². The summed E-state index contributed by atoms with van der Waals surface area (Å²) >= 11 is 0. The van der Waals surface area contributed by atoms with Crippen molar-refractivity contribution in [1.29, 1.82) is 5.26 Å². The zero-order valence-corrected chi connectivity index (χ0v) is 17.0. The Morgan fingerprint density at radius 2 is 1.27 bits per heavy atom. The van der Waals surface area contributed by atoms with Gasteiger partial charge in [0.2, 0.25) is 0 Å². The summed E-state index contributed by atoms with van der Waals surface area (Å²) in [5.41, 5.74) is 4.48. The molecule has 0 heterocycles. The van der Waals surface area contributed by atoms with Gasteiger partial charge in [0, 0.05) is 16.7 Å². The van der Waals surface area contributed by atoms with Crippen molar-refractivity contribution in [3.05, 3.63) is 106 Å². The van der Waals surface area contributed by atoms with E-state index in [9.17, 15) is 4.39 Å². The maximum absolute atomic E-state index is 14.4. The van der Waals surface area contributed by atoms with Crippen LogP contribution in [0.5, 0.6) is 0 Å². The Morgan fingerprint density at radius 1 is 0.700 bits per heavy atom. The number of nitrogens with zero attached hydrogens (tertiary/aromatic N) is 1. The SMILES string of the molecule is CCCCCc1ccc(C#Cc2ccc(C#Cc3ccc(C#N)cc3)c(F)c2)cc1. The Balaban J connectivity index is 1.67. The molecule has 0 aliphatic heterocycles. The lowest BCUT2D eigenvalue weighted by Gasteiger charge is -2.00. The lowest BCUT2D eigenvalue weighted by Crippen LogP contribution is -1.87. The van der Waals surface area contributed by atoms with Gasteiger partial charge in [-0.15, -0.1) is 0 Å². The molecule has 0 amide bonds. The number of rotatable bonds is 4. The van der Waals surface area contributed by atoms with Crippen molar-refractivity contribution in [2.24, 2.45) is 0 Å². The van der Waals surface area contributed by atoms with E-state index in [4.69, 9.17) is 5.26 Å². The van der Waals surface area contributed by atoms with Crippen molar-refractivity contribution in [2.45, 2.75) is 32.6 Å². The monoisotopic (exact) mass is 391 g/mol. The molecule has 1 nitrogen and oxygen atoms in total. The molecule has 146 valence electrons.